The third-order valence-corrected chi connectivity index (χ3v) is 6.14. The Hall–Kier alpha value is -3.82. The Balaban J connectivity index is 1.92. The molecule has 2 aromatic rings. The molecule has 1 fully saturated rings. The first-order chi connectivity index (χ1) is 16.2. The lowest BCUT2D eigenvalue weighted by Crippen LogP contribution is -2.37. The first-order valence-electron chi connectivity index (χ1n) is 11.2. The van der Waals surface area contributed by atoms with Gasteiger partial charge in [-0.3, -0.25) is 25.7 Å². The Morgan fingerprint density at radius 1 is 1.09 bits per heavy atom. The molecule has 0 bridgehead atoms. The highest BCUT2D eigenvalue weighted by atomic mass is 16.6. The number of ether oxygens (including phenoxy) is 1. The van der Waals surface area contributed by atoms with Crippen molar-refractivity contribution in [3.8, 4) is 0 Å². The predicted molar refractivity (Wildman–Crippen MR) is 128 cm³/mol. The van der Waals surface area contributed by atoms with Crippen molar-refractivity contribution in [1.82, 2.24) is 0 Å². The van der Waals surface area contributed by atoms with Crippen LogP contribution in [0, 0.1) is 38.0 Å². The molecule has 180 valence electrons. The fourth-order valence-corrected chi connectivity index (χ4v) is 4.26. The van der Waals surface area contributed by atoms with Crippen LogP contribution in [0.1, 0.15) is 45.6 Å². The predicted octanol–water partition coefficient (Wildman–Crippen LogP) is 5.32. The highest BCUT2D eigenvalue weighted by Crippen LogP contribution is 2.35. The zero-order chi connectivity index (χ0) is 24.8. The number of anilines is 1. The van der Waals surface area contributed by atoms with Gasteiger partial charge in [-0.15, -0.1) is 0 Å². The van der Waals surface area contributed by atoms with Crippen LogP contribution in [0.3, 0.4) is 0 Å². The van der Waals surface area contributed by atoms with Gasteiger partial charge in [0.05, 0.1) is 15.9 Å². The molecule has 3 atom stereocenters. The number of carbonyl (C=O) groups is 1. The number of carbonyl (C=O) groups excluding carboxylic acids is 1. The molecule has 0 aliphatic heterocycles. The standard InChI is InChI=1S/C24H28N4O6/c1-15(2)19-11-9-16(3)13-22(19)34-24(29)23(17-7-5-4-6-8-17)26-25-20-12-10-18(27(30)31)14-21(20)28(32)33/h4-8,10,12,14-16,19,22,25H,9,11,13H2,1-3H3/t16-,19+,22+/m1/s1. The maximum atomic E-state index is 13.3. The van der Waals surface area contributed by atoms with Crippen LogP contribution < -0.4 is 5.43 Å². The summed E-state index contributed by atoms with van der Waals surface area (Å²) in [4.78, 5) is 34.2. The molecule has 1 aliphatic rings. The van der Waals surface area contributed by atoms with Crippen LogP contribution in [-0.2, 0) is 9.53 Å². The Kier molecular flexibility index (Phi) is 7.93. The van der Waals surface area contributed by atoms with Crippen molar-refractivity contribution in [2.45, 2.75) is 46.1 Å². The van der Waals surface area contributed by atoms with E-state index in [4.69, 9.17) is 4.74 Å². The maximum absolute atomic E-state index is 13.3. The van der Waals surface area contributed by atoms with Crippen molar-refractivity contribution >= 4 is 28.7 Å². The number of nitrogens with zero attached hydrogens (tertiary/aromatic N) is 3. The normalized spacial score (nSPS) is 20.6. The molecule has 1 saturated carbocycles. The van der Waals surface area contributed by atoms with Gasteiger partial charge in [0.1, 0.15) is 11.8 Å². The second-order valence-corrected chi connectivity index (χ2v) is 8.92. The van der Waals surface area contributed by atoms with E-state index in [1.807, 2.05) is 0 Å². The molecule has 10 heteroatoms. The van der Waals surface area contributed by atoms with Gasteiger partial charge >= 0.3 is 11.7 Å². The van der Waals surface area contributed by atoms with E-state index in [-0.39, 0.29) is 23.4 Å². The lowest BCUT2D eigenvalue weighted by molar-refractivity contribution is -0.393. The molecule has 0 heterocycles. The van der Waals surface area contributed by atoms with E-state index < -0.39 is 27.2 Å². The number of nitro groups is 2. The number of hydrazone groups is 1. The molecule has 0 amide bonds. The van der Waals surface area contributed by atoms with Crippen LogP contribution in [-0.4, -0.2) is 27.6 Å². The number of benzene rings is 2. The number of non-ortho nitro benzene ring substituents is 1. The Bertz CT molecular complexity index is 1090. The van der Waals surface area contributed by atoms with Gasteiger partial charge in [-0.25, -0.2) is 4.79 Å². The lowest BCUT2D eigenvalue weighted by atomic mass is 9.75. The summed E-state index contributed by atoms with van der Waals surface area (Å²) in [5, 5.41) is 26.6. The van der Waals surface area contributed by atoms with Crippen molar-refractivity contribution in [3.63, 3.8) is 0 Å². The van der Waals surface area contributed by atoms with Crippen molar-refractivity contribution < 1.29 is 19.4 Å². The van der Waals surface area contributed by atoms with Crippen LogP contribution in [0.2, 0.25) is 0 Å². The third kappa shape index (κ3) is 5.94. The number of nitro benzene ring substituents is 2. The maximum Gasteiger partial charge on any atom is 0.359 e. The number of esters is 1. The molecule has 34 heavy (non-hydrogen) atoms. The summed E-state index contributed by atoms with van der Waals surface area (Å²) in [6, 6.07) is 11.8. The zero-order valence-electron chi connectivity index (χ0n) is 19.3. The van der Waals surface area contributed by atoms with Crippen LogP contribution in [0.5, 0.6) is 0 Å². The van der Waals surface area contributed by atoms with Gasteiger partial charge in [0.25, 0.3) is 5.69 Å². The second kappa shape index (κ2) is 10.9. The molecule has 0 spiro atoms. The molecule has 0 saturated heterocycles. The molecule has 3 rings (SSSR count). The Labute approximate surface area is 197 Å². The minimum atomic E-state index is -0.748. The molecule has 0 aromatic heterocycles. The van der Waals surface area contributed by atoms with E-state index in [1.54, 1.807) is 30.3 Å². The lowest BCUT2D eigenvalue weighted by Gasteiger charge is -2.36. The van der Waals surface area contributed by atoms with Crippen LogP contribution >= 0.6 is 0 Å². The molecule has 0 unspecified atom stereocenters. The minimum Gasteiger partial charge on any atom is -0.457 e. The van der Waals surface area contributed by atoms with E-state index in [1.165, 1.54) is 6.07 Å². The van der Waals surface area contributed by atoms with E-state index in [9.17, 15) is 25.0 Å². The number of hydrogen-bond acceptors (Lipinski definition) is 8. The summed E-state index contributed by atoms with van der Waals surface area (Å²) in [6.07, 6.45) is 2.57. The Morgan fingerprint density at radius 2 is 1.79 bits per heavy atom. The molecule has 1 aliphatic carbocycles. The average Bonchev–Trinajstić information content (AvgIpc) is 2.79. The smallest absolute Gasteiger partial charge is 0.359 e. The highest BCUT2D eigenvalue weighted by molar-refractivity contribution is 6.43. The number of hydrogen-bond donors (Lipinski definition) is 1. The van der Waals surface area contributed by atoms with Gasteiger partial charge in [-0.2, -0.15) is 5.10 Å². The van der Waals surface area contributed by atoms with E-state index in [2.05, 4.69) is 31.3 Å². The van der Waals surface area contributed by atoms with E-state index >= 15 is 0 Å². The van der Waals surface area contributed by atoms with Gasteiger partial charge < -0.3 is 4.74 Å². The van der Waals surface area contributed by atoms with Gasteiger partial charge in [0.2, 0.25) is 0 Å². The van der Waals surface area contributed by atoms with Crippen molar-refractivity contribution in [1.29, 1.82) is 0 Å². The van der Waals surface area contributed by atoms with Crippen LogP contribution in [0.4, 0.5) is 17.1 Å². The molecule has 2 aromatic carbocycles. The van der Waals surface area contributed by atoms with Crippen LogP contribution in [0.15, 0.2) is 53.6 Å². The summed E-state index contributed by atoms with van der Waals surface area (Å²) in [5.41, 5.74) is 1.96. The monoisotopic (exact) mass is 468 g/mol. The fourth-order valence-electron chi connectivity index (χ4n) is 4.26. The van der Waals surface area contributed by atoms with Crippen LogP contribution in [0.25, 0.3) is 0 Å². The van der Waals surface area contributed by atoms with Crippen molar-refractivity contribution in [2.24, 2.45) is 22.9 Å². The second-order valence-electron chi connectivity index (χ2n) is 8.92. The molecular formula is C24H28N4O6. The topological polar surface area (TPSA) is 137 Å². The fraction of sp³-hybridized carbons (Fsp3) is 0.417. The SMILES string of the molecule is CC(C)[C@@H]1CC[C@@H](C)C[C@@H]1OC(=O)C(=NNc1ccc([N+](=O)[O-])cc1[N+](=O)[O-])c1ccccc1. The number of nitrogens with one attached hydrogen (secondary N) is 1. The van der Waals surface area contributed by atoms with Gasteiger partial charge in [0.15, 0.2) is 5.71 Å². The van der Waals surface area contributed by atoms with Crippen molar-refractivity contribution in [2.75, 3.05) is 5.43 Å². The molecule has 10 nitrogen and oxygen atoms in total. The number of rotatable bonds is 8. The quantitative estimate of drug-likeness (QED) is 0.239. The van der Waals surface area contributed by atoms with Gasteiger partial charge in [-0.05, 0) is 36.7 Å². The zero-order valence-corrected chi connectivity index (χ0v) is 19.3. The van der Waals surface area contributed by atoms with Crippen molar-refractivity contribution in [3.05, 3.63) is 74.3 Å². The first-order valence-corrected chi connectivity index (χ1v) is 11.2. The molecular weight excluding hydrogens is 440 g/mol. The summed E-state index contributed by atoms with van der Waals surface area (Å²) in [5.74, 6) is 0.392. The van der Waals surface area contributed by atoms with Gasteiger partial charge in [-0.1, -0.05) is 57.5 Å². The summed E-state index contributed by atoms with van der Waals surface area (Å²) in [6.45, 7) is 6.37. The van der Waals surface area contributed by atoms with E-state index in [0.29, 0.717) is 17.4 Å². The molecule has 0 radical (unpaired) electrons. The minimum absolute atomic E-state index is 0.0333. The summed E-state index contributed by atoms with van der Waals surface area (Å²) in [7, 11) is 0. The molecule has 1 N–H and O–H groups in total. The summed E-state index contributed by atoms with van der Waals surface area (Å²) < 4.78 is 5.94. The van der Waals surface area contributed by atoms with Gasteiger partial charge in [0, 0.05) is 11.6 Å². The highest BCUT2D eigenvalue weighted by Gasteiger charge is 2.34. The summed E-state index contributed by atoms with van der Waals surface area (Å²) >= 11 is 0. The first kappa shape index (κ1) is 24.8. The average molecular weight is 469 g/mol. The van der Waals surface area contributed by atoms with E-state index in [0.717, 1.165) is 31.4 Å². The largest absolute Gasteiger partial charge is 0.457 e. The third-order valence-electron chi connectivity index (χ3n) is 6.14. The Morgan fingerprint density at radius 3 is 2.41 bits per heavy atom.